The topological polar surface area (TPSA) is 58.2 Å². The van der Waals surface area contributed by atoms with Crippen LogP contribution in [-0.4, -0.2) is 47.3 Å². The number of benzene rings is 2. The van der Waals surface area contributed by atoms with E-state index in [1.165, 1.54) is 5.56 Å². The number of hydrogen-bond acceptors (Lipinski definition) is 3. The number of halogens is 1. The van der Waals surface area contributed by atoms with Gasteiger partial charge in [-0.25, -0.2) is 0 Å². The number of carbonyl (C=O) groups excluding carboxylic acids is 1. The average Bonchev–Trinajstić information content (AvgIpc) is 3.35. The smallest absolute Gasteiger partial charge is 0.233 e. The van der Waals surface area contributed by atoms with Crippen molar-refractivity contribution in [3.8, 4) is 11.1 Å². The molecular weight excluding hydrogens is 434 g/mol. The summed E-state index contributed by atoms with van der Waals surface area (Å²) in [5, 5.41) is 8.30. The van der Waals surface area contributed by atoms with Crippen LogP contribution < -0.4 is 0 Å². The highest BCUT2D eigenvalue weighted by molar-refractivity contribution is 6.30. The van der Waals surface area contributed by atoms with Gasteiger partial charge in [0.2, 0.25) is 5.91 Å². The number of piperidine rings is 1. The maximum absolute atomic E-state index is 14.1. The monoisotopic (exact) mass is 463 g/mol. The minimum absolute atomic E-state index is 0.228. The molecule has 0 spiro atoms. The lowest BCUT2D eigenvalue weighted by atomic mass is 9.72. The van der Waals surface area contributed by atoms with Crippen LogP contribution in [0.5, 0.6) is 0 Å². The number of H-pyrrole nitrogens is 1. The highest BCUT2D eigenvalue weighted by atomic mass is 35.5. The first-order chi connectivity index (χ1) is 16.1. The molecule has 3 heterocycles. The van der Waals surface area contributed by atoms with Crippen LogP contribution in [0, 0.1) is 6.92 Å². The van der Waals surface area contributed by atoms with Crippen LogP contribution in [0.2, 0.25) is 5.02 Å². The number of rotatable bonds is 4. The van der Waals surface area contributed by atoms with Crippen LogP contribution in [0.3, 0.4) is 0 Å². The predicted octanol–water partition coefficient (Wildman–Crippen LogP) is 5.49. The minimum atomic E-state index is -0.499. The van der Waals surface area contributed by atoms with E-state index in [-0.39, 0.29) is 11.8 Å². The van der Waals surface area contributed by atoms with E-state index in [9.17, 15) is 4.79 Å². The molecule has 33 heavy (non-hydrogen) atoms. The van der Waals surface area contributed by atoms with Crippen molar-refractivity contribution < 1.29 is 9.53 Å². The van der Waals surface area contributed by atoms with Crippen LogP contribution in [0.15, 0.2) is 54.7 Å². The van der Waals surface area contributed by atoms with Gasteiger partial charge in [-0.3, -0.25) is 9.89 Å². The summed E-state index contributed by atoms with van der Waals surface area (Å²) >= 11 is 6.09. The van der Waals surface area contributed by atoms with E-state index in [2.05, 4.69) is 46.3 Å². The molecule has 5 rings (SSSR count). The fraction of sp³-hybridized carbons (Fsp3) is 0.407. The minimum Gasteiger partial charge on any atom is -0.381 e. The molecule has 6 heteroatoms. The SMILES string of the molecule is Cc1ccc(C2(C(=O)N3CCC[C@H](c4[nH]ncc4-c4ccc(Cl)cc4)C3)CCOCC2)cc1. The van der Waals surface area contributed by atoms with Gasteiger partial charge in [0, 0.05) is 48.5 Å². The van der Waals surface area contributed by atoms with Gasteiger partial charge in [-0.1, -0.05) is 53.6 Å². The Balaban J connectivity index is 1.41. The second-order valence-corrected chi connectivity index (χ2v) is 9.79. The Morgan fingerprint density at radius 2 is 1.85 bits per heavy atom. The van der Waals surface area contributed by atoms with Crippen LogP contribution in [0.25, 0.3) is 11.1 Å². The summed E-state index contributed by atoms with van der Waals surface area (Å²) in [4.78, 5) is 16.2. The van der Waals surface area contributed by atoms with E-state index in [0.29, 0.717) is 19.8 Å². The number of aryl methyl sites for hydroxylation is 1. The zero-order valence-electron chi connectivity index (χ0n) is 19.0. The van der Waals surface area contributed by atoms with Crippen molar-refractivity contribution in [2.24, 2.45) is 0 Å². The summed E-state index contributed by atoms with van der Waals surface area (Å²) in [6.07, 6.45) is 5.36. The first kappa shape index (κ1) is 22.2. The van der Waals surface area contributed by atoms with Gasteiger partial charge in [0.15, 0.2) is 0 Å². The zero-order valence-corrected chi connectivity index (χ0v) is 19.8. The Morgan fingerprint density at radius 3 is 2.58 bits per heavy atom. The van der Waals surface area contributed by atoms with Crippen LogP contribution in [0.1, 0.15) is 48.4 Å². The van der Waals surface area contributed by atoms with Gasteiger partial charge < -0.3 is 9.64 Å². The lowest BCUT2D eigenvalue weighted by Crippen LogP contribution is -2.52. The quantitative estimate of drug-likeness (QED) is 0.556. The summed E-state index contributed by atoms with van der Waals surface area (Å²) < 4.78 is 5.67. The lowest BCUT2D eigenvalue weighted by Gasteiger charge is -2.43. The van der Waals surface area contributed by atoms with Gasteiger partial charge in [0.25, 0.3) is 0 Å². The number of likely N-dealkylation sites (tertiary alicyclic amines) is 1. The van der Waals surface area contributed by atoms with Crippen molar-refractivity contribution in [1.82, 2.24) is 15.1 Å². The molecule has 5 nitrogen and oxygen atoms in total. The summed E-state index contributed by atoms with van der Waals surface area (Å²) in [5.74, 6) is 0.470. The van der Waals surface area contributed by atoms with Crippen LogP contribution >= 0.6 is 11.6 Å². The fourth-order valence-corrected chi connectivity index (χ4v) is 5.51. The molecule has 1 atom stereocenters. The third-order valence-corrected chi connectivity index (χ3v) is 7.55. The zero-order chi connectivity index (χ0) is 22.8. The predicted molar refractivity (Wildman–Crippen MR) is 130 cm³/mol. The molecule has 0 saturated carbocycles. The molecule has 172 valence electrons. The number of aromatic nitrogens is 2. The first-order valence-corrected chi connectivity index (χ1v) is 12.2. The van der Waals surface area contributed by atoms with Crippen molar-refractivity contribution in [1.29, 1.82) is 0 Å². The maximum atomic E-state index is 14.1. The van der Waals surface area contributed by atoms with Gasteiger partial charge in [0.05, 0.1) is 11.6 Å². The summed E-state index contributed by atoms with van der Waals surface area (Å²) in [6.45, 7) is 4.83. The third kappa shape index (κ3) is 4.32. The van der Waals surface area contributed by atoms with Crippen molar-refractivity contribution in [3.05, 3.63) is 76.6 Å². The van der Waals surface area contributed by atoms with Crippen LogP contribution in [-0.2, 0) is 14.9 Å². The highest BCUT2D eigenvalue weighted by Crippen LogP contribution is 2.40. The van der Waals surface area contributed by atoms with E-state index in [1.54, 1.807) is 0 Å². The standard InChI is InChI=1S/C27H30ClN3O2/c1-19-4-8-22(9-5-19)27(12-15-33-16-13-27)26(32)31-14-2-3-21(18-31)25-24(17-29-30-25)20-6-10-23(28)11-7-20/h4-11,17,21H,2-3,12-16,18H2,1H3,(H,29,30)/t21-/m0/s1. The molecule has 1 aromatic heterocycles. The highest BCUT2D eigenvalue weighted by Gasteiger charge is 2.45. The number of nitrogens with one attached hydrogen (secondary N) is 1. The van der Waals surface area contributed by atoms with E-state index in [0.717, 1.165) is 59.6 Å². The number of amides is 1. The third-order valence-electron chi connectivity index (χ3n) is 7.30. The lowest BCUT2D eigenvalue weighted by molar-refractivity contribution is -0.142. The van der Waals surface area contributed by atoms with Gasteiger partial charge in [-0.2, -0.15) is 5.10 Å². The fourth-order valence-electron chi connectivity index (χ4n) is 5.39. The van der Waals surface area contributed by atoms with Crippen LogP contribution in [0.4, 0.5) is 0 Å². The normalized spacial score (nSPS) is 20.5. The molecule has 2 aromatic carbocycles. The largest absolute Gasteiger partial charge is 0.381 e. The van der Waals surface area contributed by atoms with Gasteiger partial charge in [0.1, 0.15) is 0 Å². The Kier molecular flexibility index (Phi) is 6.26. The molecule has 2 aliphatic rings. The number of ether oxygens (including phenoxy) is 1. The number of nitrogens with zero attached hydrogens (tertiary/aromatic N) is 2. The Labute approximate surface area is 200 Å². The van der Waals surface area contributed by atoms with Crippen molar-refractivity contribution in [2.75, 3.05) is 26.3 Å². The Hall–Kier alpha value is -2.63. The molecule has 0 unspecified atom stereocenters. The summed E-state index contributed by atoms with van der Waals surface area (Å²) in [5.41, 5.74) is 5.11. The Morgan fingerprint density at radius 1 is 1.12 bits per heavy atom. The van der Waals surface area contributed by atoms with Gasteiger partial charge in [-0.15, -0.1) is 0 Å². The summed E-state index contributed by atoms with van der Waals surface area (Å²) in [7, 11) is 0. The molecular formula is C27H30ClN3O2. The molecule has 1 amide bonds. The molecule has 0 aliphatic carbocycles. The van der Waals surface area contributed by atoms with E-state index in [1.807, 2.05) is 30.5 Å². The van der Waals surface area contributed by atoms with E-state index < -0.39 is 5.41 Å². The second kappa shape index (κ2) is 9.32. The molecule has 2 fully saturated rings. The second-order valence-electron chi connectivity index (χ2n) is 9.36. The van der Waals surface area contributed by atoms with E-state index >= 15 is 0 Å². The Bertz CT molecular complexity index is 1100. The molecule has 0 radical (unpaired) electrons. The number of hydrogen-bond donors (Lipinski definition) is 1. The van der Waals surface area contributed by atoms with E-state index in [4.69, 9.17) is 16.3 Å². The molecule has 3 aromatic rings. The first-order valence-electron chi connectivity index (χ1n) is 11.8. The average molecular weight is 464 g/mol. The maximum Gasteiger partial charge on any atom is 0.233 e. The molecule has 2 saturated heterocycles. The van der Waals surface area contributed by atoms with Crippen molar-refractivity contribution >= 4 is 17.5 Å². The summed E-state index contributed by atoms with van der Waals surface area (Å²) in [6, 6.07) is 16.3. The van der Waals surface area contributed by atoms with Gasteiger partial charge in [-0.05, 0) is 55.9 Å². The van der Waals surface area contributed by atoms with Crippen molar-refractivity contribution in [2.45, 2.75) is 43.9 Å². The van der Waals surface area contributed by atoms with Crippen molar-refractivity contribution in [3.63, 3.8) is 0 Å². The van der Waals surface area contributed by atoms with Gasteiger partial charge >= 0.3 is 0 Å². The molecule has 0 bridgehead atoms. The molecule has 2 aliphatic heterocycles. The number of carbonyl (C=O) groups is 1. The number of aromatic amines is 1. The molecule has 1 N–H and O–H groups in total.